The van der Waals surface area contributed by atoms with Gasteiger partial charge in [-0.1, -0.05) is 48.0 Å². The third kappa shape index (κ3) is 6.04. The van der Waals surface area contributed by atoms with Crippen molar-refractivity contribution in [1.82, 2.24) is 25.1 Å². The molecule has 0 unspecified atom stereocenters. The molecule has 0 aliphatic heterocycles. The molecule has 5 aromatic rings. The molecule has 2 N–H and O–H groups in total. The number of aryl methyl sites for hydroxylation is 1. The van der Waals surface area contributed by atoms with E-state index in [0.717, 1.165) is 27.9 Å². The fraction of sp³-hybridized carbons (Fsp3) is 0.0385. The molecule has 9 nitrogen and oxygen atoms in total. The number of hydrogen-bond donors (Lipinski definition) is 2. The van der Waals surface area contributed by atoms with Crippen LogP contribution in [0.15, 0.2) is 96.2 Å². The molecule has 0 amide bonds. The lowest BCUT2D eigenvalue weighted by atomic mass is 10.1. The fourth-order valence-corrected chi connectivity index (χ4v) is 3.69. The lowest BCUT2D eigenvalue weighted by molar-refractivity contribution is 0.483. The SMILES string of the molecule is Cc1ccc(S(=O)(=O)O)cc1.N#Cc1cc(-c2nc(-c3ccnc(-c4ccccc4)c3)n[nH]2)ccn1. The average Bonchev–Trinajstić information content (AvgIpc) is 3.40. The molecular formula is C26H20N6O3S. The number of nitriles is 1. The van der Waals surface area contributed by atoms with E-state index in [1.165, 1.54) is 12.1 Å². The zero-order chi connectivity index (χ0) is 25.5. The van der Waals surface area contributed by atoms with E-state index in [4.69, 9.17) is 9.81 Å². The van der Waals surface area contributed by atoms with Crippen LogP contribution in [-0.4, -0.2) is 38.1 Å². The summed E-state index contributed by atoms with van der Waals surface area (Å²) in [7, 11) is -4.02. The molecule has 5 rings (SSSR count). The van der Waals surface area contributed by atoms with E-state index in [2.05, 4.69) is 25.1 Å². The number of benzene rings is 2. The van der Waals surface area contributed by atoms with Gasteiger partial charge < -0.3 is 0 Å². The van der Waals surface area contributed by atoms with Crippen LogP contribution in [0.25, 0.3) is 34.0 Å². The molecule has 36 heavy (non-hydrogen) atoms. The maximum absolute atomic E-state index is 10.5. The van der Waals surface area contributed by atoms with E-state index >= 15 is 0 Å². The lowest BCUT2D eigenvalue weighted by Crippen LogP contribution is -1.96. The van der Waals surface area contributed by atoms with Crippen LogP contribution in [0.2, 0.25) is 0 Å². The Balaban J connectivity index is 0.000000233. The first kappa shape index (κ1) is 24.4. The minimum atomic E-state index is -4.02. The van der Waals surface area contributed by atoms with Crippen molar-refractivity contribution in [2.75, 3.05) is 0 Å². The van der Waals surface area contributed by atoms with Gasteiger partial charge >= 0.3 is 0 Å². The molecule has 0 radical (unpaired) electrons. The monoisotopic (exact) mass is 496 g/mol. The second-order valence-electron chi connectivity index (χ2n) is 7.63. The number of rotatable bonds is 4. The predicted molar refractivity (Wildman–Crippen MR) is 134 cm³/mol. The molecule has 10 heteroatoms. The smallest absolute Gasteiger partial charge is 0.282 e. The quantitative estimate of drug-likeness (QED) is 0.340. The Hall–Kier alpha value is -4.72. The van der Waals surface area contributed by atoms with Gasteiger partial charge in [0.2, 0.25) is 0 Å². The maximum Gasteiger partial charge on any atom is 0.294 e. The van der Waals surface area contributed by atoms with Gasteiger partial charge in [-0.3, -0.25) is 14.6 Å². The number of hydrogen-bond acceptors (Lipinski definition) is 7. The molecule has 0 atom stereocenters. The zero-order valence-corrected chi connectivity index (χ0v) is 19.9. The van der Waals surface area contributed by atoms with E-state index in [0.29, 0.717) is 17.3 Å². The Morgan fingerprint density at radius 1 is 0.861 bits per heavy atom. The second-order valence-corrected chi connectivity index (χ2v) is 9.05. The van der Waals surface area contributed by atoms with Crippen LogP contribution in [0, 0.1) is 18.3 Å². The molecule has 0 aliphatic carbocycles. The molecule has 3 aromatic heterocycles. The van der Waals surface area contributed by atoms with Gasteiger partial charge in [0.1, 0.15) is 11.8 Å². The van der Waals surface area contributed by atoms with Crippen molar-refractivity contribution in [3.05, 3.63) is 103 Å². The van der Waals surface area contributed by atoms with Crippen LogP contribution >= 0.6 is 0 Å². The fourth-order valence-electron chi connectivity index (χ4n) is 3.21. The highest BCUT2D eigenvalue weighted by Gasteiger charge is 2.10. The van der Waals surface area contributed by atoms with Crippen molar-refractivity contribution >= 4 is 10.1 Å². The Morgan fingerprint density at radius 3 is 2.25 bits per heavy atom. The van der Waals surface area contributed by atoms with E-state index in [9.17, 15) is 8.42 Å². The lowest BCUT2D eigenvalue weighted by Gasteiger charge is -2.02. The molecule has 0 bridgehead atoms. The highest BCUT2D eigenvalue weighted by molar-refractivity contribution is 7.85. The summed E-state index contributed by atoms with van der Waals surface area (Å²) in [5.74, 6) is 1.16. The zero-order valence-electron chi connectivity index (χ0n) is 19.1. The van der Waals surface area contributed by atoms with Crippen LogP contribution in [0.4, 0.5) is 0 Å². The van der Waals surface area contributed by atoms with Crippen molar-refractivity contribution in [2.45, 2.75) is 11.8 Å². The number of pyridine rings is 2. The Bertz CT molecular complexity index is 1630. The van der Waals surface area contributed by atoms with Gasteiger partial charge in [-0.2, -0.15) is 18.8 Å². The summed E-state index contributed by atoms with van der Waals surface area (Å²) in [5.41, 5.74) is 4.82. The summed E-state index contributed by atoms with van der Waals surface area (Å²) in [5, 5.41) is 16.2. The Morgan fingerprint density at radius 2 is 1.56 bits per heavy atom. The average molecular weight is 497 g/mol. The molecule has 0 saturated carbocycles. The van der Waals surface area contributed by atoms with Crippen LogP contribution in [0.5, 0.6) is 0 Å². The summed E-state index contributed by atoms with van der Waals surface area (Å²) in [6.07, 6.45) is 3.32. The van der Waals surface area contributed by atoms with Gasteiger partial charge in [0, 0.05) is 29.1 Å². The number of aromatic amines is 1. The van der Waals surface area contributed by atoms with Crippen molar-refractivity contribution in [1.29, 1.82) is 5.26 Å². The minimum Gasteiger partial charge on any atom is -0.282 e. The second kappa shape index (κ2) is 10.7. The van der Waals surface area contributed by atoms with Gasteiger partial charge in [-0.25, -0.2) is 9.97 Å². The molecule has 3 heterocycles. The van der Waals surface area contributed by atoms with E-state index in [1.807, 2.05) is 55.5 Å². The predicted octanol–water partition coefficient (Wildman–Crippen LogP) is 4.71. The van der Waals surface area contributed by atoms with Crippen LogP contribution in [0.1, 0.15) is 11.3 Å². The van der Waals surface area contributed by atoms with Crippen molar-refractivity contribution in [2.24, 2.45) is 0 Å². The number of H-pyrrole nitrogens is 1. The number of aromatic nitrogens is 5. The van der Waals surface area contributed by atoms with E-state index in [1.54, 1.807) is 36.7 Å². The van der Waals surface area contributed by atoms with Crippen LogP contribution < -0.4 is 0 Å². The number of nitrogens with one attached hydrogen (secondary N) is 1. The first-order chi connectivity index (χ1) is 17.3. The third-order valence-electron chi connectivity index (χ3n) is 5.04. The molecule has 0 fully saturated rings. The minimum absolute atomic E-state index is 0.0666. The van der Waals surface area contributed by atoms with Crippen LogP contribution in [-0.2, 0) is 10.1 Å². The highest BCUT2D eigenvalue weighted by atomic mass is 32.2. The first-order valence-electron chi connectivity index (χ1n) is 10.7. The first-order valence-corrected chi connectivity index (χ1v) is 12.1. The molecule has 0 spiro atoms. The highest BCUT2D eigenvalue weighted by Crippen LogP contribution is 2.24. The molecule has 0 saturated heterocycles. The summed E-state index contributed by atoms with van der Waals surface area (Å²) in [6.45, 7) is 1.84. The van der Waals surface area contributed by atoms with Crippen LogP contribution in [0.3, 0.4) is 0 Å². The van der Waals surface area contributed by atoms with Crippen molar-refractivity contribution in [3.63, 3.8) is 0 Å². The van der Waals surface area contributed by atoms with Crippen molar-refractivity contribution in [3.8, 4) is 40.1 Å². The molecule has 178 valence electrons. The van der Waals surface area contributed by atoms with Gasteiger partial charge in [0.25, 0.3) is 10.1 Å². The summed E-state index contributed by atoms with van der Waals surface area (Å²) >= 11 is 0. The van der Waals surface area contributed by atoms with E-state index < -0.39 is 10.1 Å². The van der Waals surface area contributed by atoms with Gasteiger partial charge in [0.15, 0.2) is 11.6 Å². The van der Waals surface area contributed by atoms with Gasteiger partial charge in [-0.15, -0.1) is 0 Å². The normalized spacial score (nSPS) is 10.7. The molecule has 2 aromatic carbocycles. The standard InChI is InChI=1S/C19H12N6.C7H8O3S/c20-12-16-10-14(6-8-21-16)18-23-19(25-24-18)15-7-9-22-17(11-15)13-4-2-1-3-5-13;1-6-2-4-7(5-3-6)11(8,9)10/h1-11H,(H,23,24,25);2-5H,1H3,(H,8,9,10). The summed E-state index contributed by atoms with van der Waals surface area (Å²) in [4.78, 5) is 12.8. The third-order valence-corrected chi connectivity index (χ3v) is 5.91. The van der Waals surface area contributed by atoms with Crippen molar-refractivity contribution < 1.29 is 13.0 Å². The summed E-state index contributed by atoms with van der Waals surface area (Å²) in [6, 6.07) is 25.2. The van der Waals surface area contributed by atoms with E-state index in [-0.39, 0.29) is 4.90 Å². The molecule has 0 aliphatic rings. The molecular weight excluding hydrogens is 476 g/mol. The Labute approximate surface area is 207 Å². The number of nitrogens with zero attached hydrogens (tertiary/aromatic N) is 5. The van der Waals surface area contributed by atoms with Gasteiger partial charge in [-0.05, 0) is 43.3 Å². The summed E-state index contributed by atoms with van der Waals surface area (Å²) < 4.78 is 29.6. The topological polar surface area (TPSA) is 146 Å². The largest absolute Gasteiger partial charge is 0.294 e. The maximum atomic E-state index is 10.5. The Kier molecular flexibility index (Phi) is 7.25. The van der Waals surface area contributed by atoms with Gasteiger partial charge in [0.05, 0.1) is 10.6 Å².